The molecular formula is C26H20O4. The Morgan fingerprint density at radius 3 is 1.33 bits per heavy atom. The third-order valence-electron chi connectivity index (χ3n) is 5.08. The van der Waals surface area contributed by atoms with Gasteiger partial charge < -0.3 is 9.47 Å². The van der Waals surface area contributed by atoms with E-state index in [1.54, 1.807) is 36.4 Å². The van der Waals surface area contributed by atoms with Crippen LogP contribution in [0.3, 0.4) is 0 Å². The van der Waals surface area contributed by atoms with Crippen molar-refractivity contribution in [3.8, 4) is 11.5 Å². The van der Waals surface area contributed by atoms with Crippen LogP contribution in [0.1, 0.15) is 31.8 Å². The molecule has 0 fully saturated rings. The Morgan fingerprint density at radius 1 is 0.567 bits per heavy atom. The van der Waals surface area contributed by atoms with Gasteiger partial charge in [0.15, 0.2) is 11.6 Å². The third kappa shape index (κ3) is 3.33. The summed E-state index contributed by atoms with van der Waals surface area (Å²) in [7, 11) is 3.03. The van der Waals surface area contributed by atoms with Crippen molar-refractivity contribution < 1.29 is 19.1 Å². The number of hydrogen-bond donors (Lipinski definition) is 0. The molecule has 0 unspecified atom stereocenters. The second-order valence-electron chi connectivity index (χ2n) is 6.77. The molecule has 4 rings (SSSR count). The largest absolute Gasteiger partial charge is 0.496 e. The predicted octanol–water partition coefficient (Wildman–Crippen LogP) is 5.32. The van der Waals surface area contributed by atoms with Crippen LogP contribution in [0.25, 0.3) is 10.8 Å². The lowest BCUT2D eigenvalue weighted by molar-refractivity contribution is 0.103. The highest BCUT2D eigenvalue weighted by Crippen LogP contribution is 2.37. The third-order valence-corrected chi connectivity index (χ3v) is 5.08. The summed E-state index contributed by atoms with van der Waals surface area (Å²) in [6.45, 7) is 0. The van der Waals surface area contributed by atoms with Crippen molar-refractivity contribution in [3.63, 3.8) is 0 Å². The molecule has 0 bridgehead atoms. The van der Waals surface area contributed by atoms with Crippen molar-refractivity contribution in [1.82, 2.24) is 0 Å². The maximum absolute atomic E-state index is 13.5. The summed E-state index contributed by atoms with van der Waals surface area (Å²) < 4.78 is 11.1. The molecule has 0 atom stereocenters. The number of rotatable bonds is 6. The first-order valence-corrected chi connectivity index (χ1v) is 9.53. The van der Waals surface area contributed by atoms with E-state index >= 15 is 0 Å². The lowest BCUT2D eigenvalue weighted by Gasteiger charge is -2.17. The molecule has 0 aliphatic heterocycles. The molecule has 148 valence electrons. The predicted molar refractivity (Wildman–Crippen MR) is 117 cm³/mol. The number of benzene rings is 4. The molecule has 0 amide bonds. The number of methoxy groups -OCH3 is 2. The highest BCUT2D eigenvalue weighted by Gasteiger charge is 2.26. The standard InChI is InChI=1S/C26H20O4/c1-29-20-15-13-17-14-16-21(30-2)24(26(28)19-11-7-4-8-12-19)22(17)23(20)25(27)18-9-5-3-6-10-18/h3-16H,1-2H3. The maximum Gasteiger partial charge on any atom is 0.197 e. The molecule has 0 aliphatic carbocycles. The Balaban J connectivity index is 2.08. The van der Waals surface area contributed by atoms with Crippen molar-refractivity contribution in [2.75, 3.05) is 14.2 Å². The number of carbonyl (C=O) groups excluding carboxylic acids is 2. The molecule has 0 aromatic heterocycles. The Morgan fingerprint density at radius 2 is 0.967 bits per heavy atom. The van der Waals surface area contributed by atoms with E-state index < -0.39 is 0 Å². The van der Waals surface area contributed by atoms with Crippen LogP contribution < -0.4 is 9.47 Å². The van der Waals surface area contributed by atoms with Crippen LogP contribution >= 0.6 is 0 Å². The fraction of sp³-hybridized carbons (Fsp3) is 0.0769. The summed E-state index contributed by atoms with van der Waals surface area (Å²) in [4.78, 5) is 27.0. The van der Waals surface area contributed by atoms with Gasteiger partial charge >= 0.3 is 0 Å². The quantitative estimate of drug-likeness (QED) is 0.414. The van der Waals surface area contributed by atoms with Gasteiger partial charge in [0.05, 0.1) is 25.3 Å². The fourth-order valence-corrected chi connectivity index (χ4v) is 3.64. The van der Waals surface area contributed by atoms with Crippen LogP contribution in [0.2, 0.25) is 0 Å². The normalized spacial score (nSPS) is 10.6. The number of ether oxygens (including phenoxy) is 2. The van der Waals surface area contributed by atoms with E-state index in [9.17, 15) is 9.59 Å². The van der Waals surface area contributed by atoms with Gasteiger partial charge in [0, 0.05) is 16.5 Å². The summed E-state index contributed by atoms with van der Waals surface area (Å²) in [5.41, 5.74) is 1.73. The molecule has 0 radical (unpaired) electrons. The lowest BCUT2D eigenvalue weighted by Crippen LogP contribution is -2.10. The van der Waals surface area contributed by atoms with Crippen molar-refractivity contribution in [1.29, 1.82) is 0 Å². The van der Waals surface area contributed by atoms with Crippen LogP contribution in [0.15, 0.2) is 84.9 Å². The molecule has 0 saturated heterocycles. The summed E-state index contributed by atoms with van der Waals surface area (Å²) >= 11 is 0. The van der Waals surface area contributed by atoms with Gasteiger partial charge in [-0.2, -0.15) is 0 Å². The van der Waals surface area contributed by atoms with E-state index in [4.69, 9.17) is 9.47 Å². The molecule has 4 aromatic carbocycles. The van der Waals surface area contributed by atoms with E-state index in [1.165, 1.54) is 14.2 Å². The molecule has 0 saturated carbocycles. The highest BCUT2D eigenvalue weighted by molar-refractivity contribution is 6.26. The average molecular weight is 396 g/mol. The second-order valence-corrected chi connectivity index (χ2v) is 6.77. The number of hydrogen-bond acceptors (Lipinski definition) is 4. The van der Waals surface area contributed by atoms with Crippen molar-refractivity contribution in [3.05, 3.63) is 107 Å². The Bertz CT molecular complexity index is 1130. The number of fused-ring (bicyclic) bond motifs is 1. The van der Waals surface area contributed by atoms with Gasteiger partial charge in [0.1, 0.15) is 11.5 Å². The van der Waals surface area contributed by atoms with Crippen LogP contribution in [0.4, 0.5) is 0 Å². The van der Waals surface area contributed by atoms with Gasteiger partial charge in [-0.1, -0.05) is 72.8 Å². The number of carbonyl (C=O) groups is 2. The Labute approximate surface area is 174 Å². The first-order valence-electron chi connectivity index (χ1n) is 9.53. The molecule has 4 nitrogen and oxygen atoms in total. The molecule has 4 aromatic rings. The highest BCUT2D eigenvalue weighted by atomic mass is 16.5. The molecular weight excluding hydrogens is 376 g/mol. The Hall–Kier alpha value is -3.92. The minimum absolute atomic E-state index is 0.214. The lowest BCUT2D eigenvalue weighted by atomic mass is 9.89. The van der Waals surface area contributed by atoms with Gasteiger partial charge in [0.25, 0.3) is 0 Å². The first-order chi connectivity index (χ1) is 14.7. The van der Waals surface area contributed by atoms with Crippen molar-refractivity contribution in [2.24, 2.45) is 0 Å². The second kappa shape index (κ2) is 8.21. The average Bonchev–Trinajstić information content (AvgIpc) is 2.82. The van der Waals surface area contributed by atoms with Gasteiger partial charge in [-0.25, -0.2) is 0 Å². The smallest absolute Gasteiger partial charge is 0.197 e. The molecule has 0 spiro atoms. The zero-order valence-electron chi connectivity index (χ0n) is 16.7. The van der Waals surface area contributed by atoms with E-state index in [0.717, 1.165) is 5.39 Å². The minimum atomic E-state index is -0.214. The maximum atomic E-state index is 13.5. The molecule has 0 heterocycles. The summed E-state index contributed by atoms with van der Waals surface area (Å²) in [5, 5.41) is 1.28. The topological polar surface area (TPSA) is 52.6 Å². The fourth-order valence-electron chi connectivity index (χ4n) is 3.64. The van der Waals surface area contributed by atoms with Crippen molar-refractivity contribution >= 4 is 22.3 Å². The summed E-state index contributed by atoms with van der Waals surface area (Å²) in [6.07, 6.45) is 0. The summed E-state index contributed by atoms with van der Waals surface area (Å²) in [5.74, 6) is 0.389. The van der Waals surface area contributed by atoms with E-state index in [0.29, 0.717) is 39.1 Å². The van der Waals surface area contributed by atoms with E-state index in [-0.39, 0.29) is 11.6 Å². The van der Waals surface area contributed by atoms with Gasteiger partial charge in [-0.3, -0.25) is 9.59 Å². The monoisotopic (exact) mass is 396 g/mol. The molecule has 30 heavy (non-hydrogen) atoms. The van der Waals surface area contributed by atoms with Crippen molar-refractivity contribution in [2.45, 2.75) is 0 Å². The Kier molecular flexibility index (Phi) is 5.31. The van der Waals surface area contributed by atoms with Crippen LogP contribution in [-0.2, 0) is 0 Å². The van der Waals surface area contributed by atoms with Crippen LogP contribution in [-0.4, -0.2) is 25.8 Å². The first kappa shape index (κ1) is 19.4. The zero-order valence-corrected chi connectivity index (χ0v) is 16.7. The molecule has 4 heteroatoms. The number of ketones is 2. The van der Waals surface area contributed by atoms with Gasteiger partial charge in [-0.15, -0.1) is 0 Å². The molecule has 0 N–H and O–H groups in total. The zero-order chi connectivity index (χ0) is 21.1. The van der Waals surface area contributed by atoms with Gasteiger partial charge in [0.2, 0.25) is 0 Å². The SMILES string of the molecule is COc1ccc2ccc(OC)c(C(=O)c3ccccc3)c2c1C(=O)c1ccccc1. The van der Waals surface area contributed by atoms with E-state index in [1.807, 2.05) is 48.5 Å². The minimum Gasteiger partial charge on any atom is -0.496 e. The molecule has 0 aliphatic rings. The summed E-state index contributed by atoms with van der Waals surface area (Å²) in [6, 6.07) is 25.1. The van der Waals surface area contributed by atoms with Gasteiger partial charge in [-0.05, 0) is 17.5 Å². The van der Waals surface area contributed by atoms with Crippen LogP contribution in [0, 0.1) is 0 Å². The van der Waals surface area contributed by atoms with Crippen LogP contribution in [0.5, 0.6) is 11.5 Å². The van der Waals surface area contributed by atoms with E-state index in [2.05, 4.69) is 0 Å².